The number of halogens is 5. The second-order valence-electron chi connectivity index (χ2n) is 10.0. The van der Waals surface area contributed by atoms with E-state index in [0.717, 1.165) is 7.11 Å². The molecule has 208 valence electrons. The van der Waals surface area contributed by atoms with Crippen molar-refractivity contribution in [2.45, 2.75) is 36.7 Å². The van der Waals surface area contributed by atoms with Gasteiger partial charge in [0.25, 0.3) is 5.91 Å². The van der Waals surface area contributed by atoms with Crippen molar-refractivity contribution in [1.82, 2.24) is 9.88 Å². The number of ether oxygens (including phenoxy) is 1. The predicted octanol–water partition coefficient (Wildman–Crippen LogP) is 3.36. The number of carbonyl (C=O) groups is 3. The maximum Gasteiger partial charge on any atom is 0.416 e. The molecule has 3 aliphatic heterocycles. The minimum absolute atomic E-state index is 0.0440. The molecule has 4 heterocycles. The van der Waals surface area contributed by atoms with Crippen LogP contribution in [0.25, 0.3) is 0 Å². The molecule has 4 unspecified atom stereocenters. The van der Waals surface area contributed by atoms with Crippen molar-refractivity contribution in [3.05, 3.63) is 45.4 Å². The van der Waals surface area contributed by atoms with Crippen LogP contribution in [0, 0.1) is 11.8 Å². The van der Waals surface area contributed by atoms with E-state index in [4.69, 9.17) is 27.9 Å². The number of carboxylic acids is 1. The van der Waals surface area contributed by atoms with Crippen molar-refractivity contribution in [2.24, 2.45) is 11.8 Å². The number of anilines is 2. The van der Waals surface area contributed by atoms with Crippen molar-refractivity contribution < 1.29 is 42.5 Å². The summed E-state index contributed by atoms with van der Waals surface area (Å²) in [6.07, 6.45) is -4.89. The molecule has 4 N–H and O–H groups in total. The summed E-state index contributed by atoms with van der Waals surface area (Å²) in [7, 11) is 1.10. The van der Waals surface area contributed by atoms with Gasteiger partial charge in [-0.1, -0.05) is 23.2 Å². The molecular formula is C24H21Cl2F3N4O6. The summed E-state index contributed by atoms with van der Waals surface area (Å²) >= 11 is 12.5. The van der Waals surface area contributed by atoms with E-state index >= 15 is 0 Å². The van der Waals surface area contributed by atoms with Gasteiger partial charge in [0, 0.05) is 29.2 Å². The fraction of sp³-hybridized carbons (Fsp3) is 0.417. The molecule has 2 amide bonds. The normalized spacial score (nSPS) is 29.7. The molecule has 0 bridgehead atoms. The Morgan fingerprint density at radius 3 is 2.56 bits per heavy atom. The van der Waals surface area contributed by atoms with Gasteiger partial charge < -0.3 is 25.6 Å². The average Bonchev–Trinajstić information content (AvgIpc) is 3.39. The van der Waals surface area contributed by atoms with E-state index in [2.05, 4.69) is 15.6 Å². The molecule has 1 aromatic heterocycles. The molecule has 10 nitrogen and oxygen atoms in total. The monoisotopic (exact) mass is 588 g/mol. The van der Waals surface area contributed by atoms with E-state index in [9.17, 15) is 37.8 Å². The van der Waals surface area contributed by atoms with Gasteiger partial charge in [0.15, 0.2) is 0 Å². The average molecular weight is 589 g/mol. The molecule has 3 aliphatic rings. The van der Waals surface area contributed by atoms with Crippen molar-refractivity contribution in [2.75, 3.05) is 24.3 Å². The van der Waals surface area contributed by atoms with Crippen LogP contribution in [-0.2, 0) is 26.1 Å². The fourth-order valence-corrected chi connectivity index (χ4v) is 6.65. The number of pyridine rings is 1. The first-order valence-corrected chi connectivity index (χ1v) is 12.3. The number of methoxy groups -OCH3 is 1. The van der Waals surface area contributed by atoms with Crippen LogP contribution in [0.5, 0.6) is 5.88 Å². The van der Waals surface area contributed by atoms with Gasteiger partial charge in [-0.15, -0.1) is 0 Å². The largest absolute Gasteiger partial charge is 0.481 e. The Morgan fingerprint density at radius 1 is 1.26 bits per heavy atom. The lowest BCUT2D eigenvalue weighted by molar-refractivity contribution is -0.152. The van der Waals surface area contributed by atoms with Gasteiger partial charge in [0.05, 0.1) is 34.9 Å². The van der Waals surface area contributed by atoms with E-state index in [1.54, 1.807) is 0 Å². The number of nitrogens with zero attached hydrogens (tertiary/aromatic N) is 2. The Balaban J connectivity index is 1.65. The van der Waals surface area contributed by atoms with E-state index in [0.29, 0.717) is 12.1 Å². The summed E-state index contributed by atoms with van der Waals surface area (Å²) in [5, 5.41) is 26.4. The van der Waals surface area contributed by atoms with Crippen LogP contribution in [-0.4, -0.2) is 63.2 Å². The number of aromatic nitrogens is 1. The van der Waals surface area contributed by atoms with Crippen LogP contribution in [0.2, 0.25) is 10.0 Å². The van der Waals surface area contributed by atoms with Gasteiger partial charge >= 0.3 is 12.1 Å². The van der Waals surface area contributed by atoms with E-state index in [1.165, 1.54) is 24.0 Å². The zero-order chi connectivity index (χ0) is 28.7. The third-order valence-corrected chi connectivity index (χ3v) is 7.96. The topological polar surface area (TPSA) is 141 Å². The summed E-state index contributed by atoms with van der Waals surface area (Å²) in [5.41, 5.74) is -4.34. The summed E-state index contributed by atoms with van der Waals surface area (Å²) in [4.78, 5) is 45.5. The maximum absolute atomic E-state index is 13.7. The number of alkyl halides is 3. The molecule has 5 atom stereocenters. The van der Waals surface area contributed by atoms with E-state index in [-0.39, 0.29) is 34.3 Å². The van der Waals surface area contributed by atoms with Crippen LogP contribution in [0.4, 0.5) is 24.7 Å². The van der Waals surface area contributed by atoms with Gasteiger partial charge in [-0.05, 0) is 31.5 Å². The van der Waals surface area contributed by atoms with Gasteiger partial charge in [-0.2, -0.15) is 18.2 Å². The number of fused-ring (bicyclic) bond motifs is 4. The first-order valence-electron chi connectivity index (χ1n) is 11.6. The van der Waals surface area contributed by atoms with Crippen molar-refractivity contribution in [1.29, 1.82) is 0 Å². The highest BCUT2D eigenvalue weighted by atomic mass is 35.5. The van der Waals surface area contributed by atoms with E-state index < -0.39 is 70.2 Å². The molecule has 0 aliphatic carbocycles. The summed E-state index contributed by atoms with van der Waals surface area (Å²) in [6.45, 7) is 1.29. The summed E-state index contributed by atoms with van der Waals surface area (Å²) in [5.74, 6) is -7.51. The second-order valence-corrected chi connectivity index (χ2v) is 10.9. The van der Waals surface area contributed by atoms with Crippen LogP contribution in [0.1, 0.15) is 24.5 Å². The highest BCUT2D eigenvalue weighted by Crippen LogP contribution is 2.60. The number of hydrogen-bond donors (Lipinski definition) is 4. The predicted molar refractivity (Wildman–Crippen MR) is 132 cm³/mol. The number of amides is 2. The molecule has 2 saturated heterocycles. The van der Waals surface area contributed by atoms with Gasteiger partial charge in [0.1, 0.15) is 17.3 Å². The Morgan fingerprint density at radius 2 is 1.95 bits per heavy atom. The number of carboxylic acid groups (broad SMARTS) is 1. The molecule has 1 aromatic carbocycles. The van der Waals surface area contributed by atoms with Crippen molar-refractivity contribution in [3.63, 3.8) is 0 Å². The lowest BCUT2D eigenvalue weighted by Gasteiger charge is -2.36. The third kappa shape index (κ3) is 4.19. The summed E-state index contributed by atoms with van der Waals surface area (Å²) in [6, 6.07) is 2.97. The SMILES string of the molecule is COc1cc(C(F)(F)F)cc(NC(=O)C2C3C[C@](C)(O)CN3C3(C(=O)Nc4c(Cl)cc(Cl)cc43)C2C(=O)O)n1. The molecule has 15 heteroatoms. The Kier molecular flexibility index (Phi) is 6.29. The number of benzene rings is 1. The molecule has 2 fully saturated rings. The van der Waals surface area contributed by atoms with Crippen molar-refractivity contribution in [3.8, 4) is 5.88 Å². The number of aliphatic hydroxyl groups is 1. The molecular weight excluding hydrogens is 568 g/mol. The number of carbonyl (C=O) groups excluding carboxylic acids is 2. The van der Waals surface area contributed by atoms with Gasteiger partial charge in [-0.25, -0.2) is 0 Å². The van der Waals surface area contributed by atoms with Crippen LogP contribution < -0.4 is 15.4 Å². The Labute approximate surface area is 229 Å². The van der Waals surface area contributed by atoms with E-state index in [1.807, 2.05) is 0 Å². The smallest absolute Gasteiger partial charge is 0.416 e. The minimum atomic E-state index is -4.79. The zero-order valence-electron chi connectivity index (χ0n) is 20.3. The number of hydrogen-bond acceptors (Lipinski definition) is 7. The Bertz CT molecular complexity index is 1420. The van der Waals surface area contributed by atoms with Crippen LogP contribution in [0.3, 0.4) is 0 Å². The number of nitrogens with one attached hydrogen (secondary N) is 2. The lowest BCUT2D eigenvalue weighted by atomic mass is 9.73. The molecule has 1 spiro atoms. The van der Waals surface area contributed by atoms with Crippen LogP contribution in [0.15, 0.2) is 24.3 Å². The highest BCUT2D eigenvalue weighted by molar-refractivity contribution is 6.38. The minimum Gasteiger partial charge on any atom is -0.481 e. The number of aliphatic carboxylic acids is 1. The first kappa shape index (κ1) is 27.4. The first-order chi connectivity index (χ1) is 18.1. The lowest BCUT2D eigenvalue weighted by Crippen LogP contribution is -2.54. The van der Waals surface area contributed by atoms with Crippen LogP contribution >= 0.6 is 23.2 Å². The zero-order valence-corrected chi connectivity index (χ0v) is 21.8. The third-order valence-electron chi connectivity index (χ3n) is 7.45. The second kappa shape index (κ2) is 8.95. The Hall–Kier alpha value is -3.13. The van der Waals surface area contributed by atoms with Gasteiger partial charge in [0.2, 0.25) is 11.8 Å². The molecule has 5 rings (SSSR count). The molecule has 2 aromatic rings. The molecule has 0 saturated carbocycles. The molecule has 39 heavy (non-hydrogen) atoms. The summed E-state index contributed by atoms with van der Waals surface area (Å²) < 4.78 is 45.1. The molecule has 0 radical (unpaired) electrons. The fourth-order valence-electron chi connectivity index (χ4n) is 6.11. The quantitative estimate of drug-likeness (QED) is 0.426. The highest BCUT2D eigenvalue weighted by Gasteiger charge is 2.73. The maximum atomic E-state index is 13.7. The standard InChI is InChI=1S/C24H21Cl2F3N4O6/c1-22(38)7-13-16(19(34)31-14-3-9(24(27,28)29)4-15(30-14)39-2)17(20(35)36)23(33(13)8-22)11-5-10(25)6-12(26)18(11)32-21(23)37/h3-6,13,16-17,38H,7-8H2,1-2H3,(H,32,37)(H,35,36)(H,30,31,34)/t13?,16?,17?,22-,23?/m0/s1. The van der Waals surface area contributed by atoms with Gasteiger partial charge in [-0.3, -0.25) is 19.3 Å². The number of rotatable bonds is 4. The van der Waals surface area contributed by atoms with Crippen molar-refractivity contribution >= 4 is 52.5 Å².